The molecular formula is C19H26N2S. The quantitative estimate of drug-likeness (QED) is 0.803. The zero-order valence-electron chi connectivity index (χ0n) is 13.4. The number of hydrogen-bond acceptors (Lipinski definition) is 1. The summed E-state index contributed by atoms with van der Waals surface area (Å²) in [6, 6.07) is 8.62. The van der Waals surface area contributed by atoms with Gasteiger partial charge in [-0.1, -0.05) is 19.1 Å². The summed E-state index contributed by atoms with van der Waals surface area (Å²) >= 11 is 5.61. The molecule has 4 saturated carbocycles. The van der Waals surface area contributed by atoms with Crippen molar-refractivity contribution in [2.24, 2.45) is 17.8 Å². The highest BCUT2D eigenvalue weighted by Crippen LogP contribution is 2.55. The highest BCUT2D eigenvalue weighted by molar-refractivity contribution is 7.80. The molecule has 22 heavy (non-hydrogen) atoms. The number of thiocarbonyl (C=S) groups is 1. The second-order valence-electron chi connectivity index (χ2n) is 7.83. The van der Waals surface area contributed by atoms with Crippen molar-refractivity contribution in [3.05, 3.63) is 29.8 Å². The molecule has 1 aromatic rings. The smallest absolute Gasteiger partial charge is 0.171 e. The Hall–Kier alpha value is -1.09. The molecule has 0 radical (unpaired) electrons. The van der Waals surface area contributed by atoms with E-state index in [-0.39, 0.29) is 0 Å². The van der Waals surface area contributed by atoms with Crippen LogP contribution in [0.25, 0.3) is 0 Å². The highest BCUT2D eigenvalue weighted by Gasteiger charge is 2.51. The van der Waals surface area contributed by atoms with Gasteiger partial charge in [-0.05, 0) is 92.6 Å². The fraction of sp³-hybridized carbons (Fsp3) is 0.632. The lowest BCUT2D eigenvalue weighted by atomic mass is 9.53. The Kier molecular flexibility index (Phi) is 3.64. The van der Waals surface area contributed by atoms with Crippen LogP contribution in [0.2, 0.25) is 0 Å². The van der Waals surface area contributed by atoms with Crippen molar-refractivity contribution >= 4 is 23.0 Å². The lowest BCUT2D eigenvalue weighted by Gasteiger charge is -2.57. The van der Waals surface area contributed by atoms with Gasteiger partial charge in [-0.15, -0.1) is 0 Å². The van der Waals surface area contributed by atoms with E-state index in [1.54, 1.807) is 0 Å². The van der Waals surface area contributed by atoms with E-state index < -0.39 is 0 Å². The summed E-state index contributed by atoms with van der Waals surface area (Å²) in [6.07, 6.45) is 9.48. The zero-order chi connectivity index (χ0) is 15.2. The van der Waals surface area contributed by atoms with Crippen molar-refractivity contribution in [2.45, 2.75) is 57.4 Å². The van der Waals surface area contributed by atoms with E-state index in [2.05, 4.69) is 41.8 Å². The van der Waals surface area contributed by atoms with Crippen molar-refractivity contribution in [1.82, 2.24) is 5.32 Å². The number of aryl methyl sites for hydroxylation is 1. The summed E-state index contributed by atoms with van der Waals surface area (Å²) in [7, 11) is 0. The summed E-state index contributed by atoms with van der Waals surface area (Å²) < 4.78 is 0. The minimum atomic E-state index is 0.294. The molecule has 0 saturated heterocycles. The largest absolute Gasteiger partial charge is 0.357 e. The first kappa shape index (κ1) is 14.5. The fourth-order valence-electron chi connectivity index (χ4n) is 5.49. The van der Waals surface area contributed by atoms with Gasteiger partial charge in [0.2, 0.25) is 0 Å². The van der Waals surface area contributed by atoms with Gasteiger partial charge in [0.15, 0.2) is 5.11 Å². The third-order valence-corrected chi connectivity index (χ3v) is 6.24. The standard InChI is InChI=1S/C19H26N2S/c1-2-13-3-5-17(6-4-13)20-18(22)21-19-10-14-7-15(11-19)9-16(8-14)12-19/h3-6,14-16H,2,7-12H2,1H3,(H2,20,21,22). The van der Waals surface area contributed by atoms with E-state index in [4.69, 9.17) is 12.2 Å². The van der Waals surface area contributed by atoms with Crippen LogP contribution in [0.15, 0.2) is 24.3 Å². The van der Waals surface area contributed by atoms with Gasteiger partial charge in [0.05, 0.1) is 0 Å². The third kappa shape index (κ3) is 2.76. The molecule has 0 spiro atoms. The molecule has 0 aromatic heterocycles. The Bertz CT molecular complexity index is 528. The maximum absolute atomic E-state index is 5.61. The Morgan fingerprint density at radius 2 is 1.59 bits per heavy atom. The second-order valence-corrected chi connectivity index (χ2v) is 8.24. The minimum Gasteiger partial charge on any atom is -0.357 e. The monoisotopic (exact) mass is 314 g/mol. The fourth-order valence-corrected chi connectivity index (χ4v) is 5.83. The van der Waals surface area contributed by atoms with Crippen LogP contribution in [0.4, 0.5) is 5.69 Å². The molecule has 0 amide bonds. The topological polar surface area (TPSA) is 24.1 Å². The Morgan fingerprint density at radius 3 is 2.09 bits per heavy atom. The summed E-state index contributed by atoms with van der Waals surface area (Å²) in [5.41, 5.74) is 2.76. The molecule has 0 atom stereocenters. The Labute approximate surface area is 139 Å². The van der Waals surface area contributed by atoms with Gasteiger partial charge < -0.3 is 10.6 Å². The zero-order valence-corrected chi connectivity index (χ0v) is 14.2. The summed E-state index contributed by atoms with van der Waals surface area (Å²) in [5.74, 6) is 2.85. The van der Waals surface area contributed by atoms with Crippen LogP contribution in [-0.2, 0) is 6.42 Å². The first-order valence-corrected chi connectivity index (χ1v) is 9.23. The first-order valence-electron chi connectivity index (χ1n) is 8.82. The van der Waals surface area contributed by atoms with E-state index >= 15 is 0 Å². The van der Waals surface area contributed by atoms with Gasteiger partial charge in [-0.25, -0.2) is 0 Å². The van der Waals surface area contributed by atoms with Gasteiger partial charge >= 0.3 is 0 Å². The van der Waals surface area contributed by atoms with Crippen LogP contribution in [0.3, 0.4) is 0 Å². The van der Waals surface area contributed by atoms with Gasteiger partial charge in [-0.2, -0.15) is 0 Å². The van der Waals surface area contributed by atoms with Crippen LogP contribution in [0.1, 0.15) is 51.0 Å². The molecule has 1 aromatic carbocycles. The van der Waals surface area contributed by atoms with Crippen molar-refractivity contribution < 1.29 is 0 Å². The average molecular weight is 314 g/mol. The molecule has 0 unspecified atom stereocenters. The number of nitrogens with one attached hydrogen (secondary N) is 2. The maximum atomic E-state index is 5.61. The average Bonchev–Trinajstić information content (AvgIpc) is 2.45. The first-order chi connectivity index (χ1) is 10.6. The molecule has 5 rings (SSSR count). The number of benzene rings is 1. The van der Waals surface area contributed by atoms with Crippen molar-refractivity contribution in [1.29, 1.82) is 0 Å². The molecule has 4 fully saturated rings. The van der Waals surface area contributed by atoms with Crippen LogP contribution in [0.5, 0.6) is 0 Å². The number of rotatable bonds is 3. The molecule has 0 heterocycles. The van der Waals surface area contributed by atoms with Crippen LogP contribution in [0, 0.1) is 17.8 Å². The maximum Gasteiger partial charge on any atom is 0.171 e. The van der Waals surface area contributed by atoms with Crippen molar-refractivity contribution in [3.63, 3.8) is 0 Å². The second kappa shape index (κ2) is 5.52. The van der Waals surface area contributed by atoms with Crippen LogP contribution in [-0.4, -0.2) is 10.7 Å². The molecule has 118 valence electrons. The predicted octanol–water partition coefficient (Wildman–Crippen LogP) is 4.50. The van der Waals surface area contributed by atoms with Gasteiger partial charge in [0, 0.05) is 11.2 Å². The third-order valence-electron chi connectivity index (χ3n) is 6.04. The molecule has 4 bridgehead atoms. The van der Waals surface area contributed by atoms with Crippen LogP contribution < -0.4 is 10.6 Å². The molecule has 2 N–H and O–H groups in total. The number of hydrogen-bond donors (Lipinski definition) is 2. The highest BCUT2D eigenvalue weighted by atomic mass is 32.1. The Morgan fingerprint density at radius 1 is 1.05 bits per heavy atom. The lowest BCUT2D eigenvalue weighted by molar-refractivity contribution is -0.00972. The lowest BCUT2D eigenvalue weighted by Crippen LogP contribution is -2.60. The number of anilines is 1. The minimum absolute atomic E-state index is 0.294. The molecule has 2 nitrogen and oxygen atoms in total. The normalized spacial score (nSPS) is 35.4. The molecule has 4 aliphatic carbocycles. The SMILES string of the molecule is CCc1ccc(NC(=S)NC23CC4CC(CC(C4)C2)C3)cc1. The van der Waals surface area contributed by atoms with Gasteiger partial charge in [-0.3, -0.25) is 0 Å². The van der Waals surface area contributed by atoms with E-state index in [9.17, 15) is 0 Å². The van der Waals surface area contributed by atoms with Crippen LogP contribution >= 0.6 is 12.2 Å². The van der Waals surface area contributed by atoms with E-state index in [1.165, 1.54) is 44.1 Å². The molecule has 4 aliphatic rings. The molecule has 3 heteroatoms. The summed E-state index contributed by atoms with van der Waals surface area (Å²) in [6.45, 7) is 2.18. The van der Waals surface area contributed by atoms with Crippen molar-refractivity contribution in [3.8, 4) is 0 Å². The van der Waals surface area contributed by atoms with E-state index in [1.807, 2.05) is 0 Å². The van der Waals surface area contributed by atoms with Gasteiger partial charge in [0.1, 0.15) is 0 Å². The van der Waals surface area contributed by atoms with E-state index in [0.717, 1.165) is 35.0 Å². The van der Waals surface area contributed by atoms with Crippen molar-refractivity contribution in [2.75, 3.05) is 5.32 Å². The Balaban J connectivity index is 1.41. The summed E-state index contributed by atoms with van der Waals surface area (Å²) in [4.78, 5) is 0. The molecule has 0 aliphatic heterocycles. The van der Waals surface area contributed by atoms with Gasteiger partial charge in [0.25, 0.3) is 0 Å². The van der Waals surface area contributed by atoms with E-state index in [0.29, 0.717) is 5.54 Å². The predicted molar refractivity (Wildman–Crippen MR) is 96.1 cm³/mol. The summed E-state index contributed by atoms with van der Waals surface area (Å²) in [5, 5.41) is 7.92. The molecular weight excluding hydrogens is 288 g/mol.